The van der Waals surface area contributed by atoms with Crippen molar-refractivity contribution < 1.29 is 0 Å². The predicted molar refractivity (Wildman–Crippen MR) is 57.0 cm³/mol. The molecule has 3 nitrogen and oxygen atoms in total. The molecule has 0 spiro atoms. The molecule has 0 amide bonds. The smallest absolute Gasteiger partial charge is 0.0672 e. The molecule has 1 fully saturated rings. The van der Waals surface area contributed by atoms with Crippen LogP contribution < -0.4 is 5.73 Å². The minimum absolute atomic E-state index is 0.283. The van der Waals surface area contributed by atoms with Crippen LogP contribution in [0.2, 0.25) is 0 Å². The Bertz CT molecular complexity index is 305. The van der Waals surface area contributed by atoms with E-state index in [1.54, 1.807) is 0 Å². The zero-order chi connectivity index (χ0) is 10.1. The Morgan fingerprint density at radius 3 is 2.93 bits per heavy atom. The van der Waals surface area contributed by atoms with E-state index in [1.807, 2.05) is 13.0 Å². The Kier molecular flexibility index (Phi) is 2.59. The fourth-order valence-corrected chi connectivity index (χ4v) is 2.30. The minimum Gasteiger partial charge on any atom is -0.326 e. The third-order valence-corrected chi connectivity index (χ3v) is 3.21. The highest BCUT2D eigenvalue weighted by molar-refractivity contribution is 4.98. The van der Waals surface area contributed by atoms with Crippen LogP contribution in [-0.4, -0.2) is 15.8 Å². The monoisotopic (exact) mass is 193 g/mol. The molecule has 3 heteroatoms. The summed E-state index contributed by atoms with van der Waals surface area (Å²) in [5.74, 6) is 0.782. The van der Waals surface area contributed by atoms with Crippen LogP contribution in [0, 0.1) is 12.8 Å². The van der Waals surface area contributed by atoms with E-state index in [-0.39, 0.29) is 6.04 Å². The molecule has 0 aliphatic heterocycles. The molecule has 3 atom stereocenters. The molecule has 1 aliphatic rings. The second kappa shape index (κ2) is 3.73. The van der Waals surface area contributed by atoms with Crippen molar-refractivity contribution in [2.75, 3.05) is 0 Å². The average Bonchev–Trinajstić information content (AvgIpc) is 2.56. The molecule has 1 aromatic heterocycles. The third kappa shape index (κ3) is 1.82. The Morgan fingerprint density at radius 1 is 1.50 bits per heavy atom. The second-order valence-corrected chi connectivity index (χ2v) is 4.59. The lowest BCUT2D eigenvalue weighted by atomic mass is 9.84. The molecule has 3 unspecified atom stereocenters. The zero-order valence-electron chi connectivity index (χ0n) is 8.98. The first kappa shape index (κ1) is 9.71. The predicted octanol–water partition coefficient (Wildman–Crippen LogP) is 1.88. The van der Waals surface area contributed by atoms with Gasteiger partial charge in [0.05, 0.1) is 11.7 Å². The average molecular weight is 193 g/mol. The molecule has 2 N–H and O–H groups in total. The molecule has 14 heavy (non-hydrogen) atoms. The summed E-state index contributed by atoms with van der Waals surface area (Å²) in [4.78, 5) is 0. The normalized spacial score (nSPS) is 33.2. The first-order chi connectivity index (χ1) is 6.66. The number of nitrogens with two attached hydrogens (primary N) is 1. The Labute approximate surface area is 85.3 Å². The quantitative estimate of drug-likeness (QED) is 0.740. The van der Waals surface area contributed by atoms with Crippen LogP contribution in [0.15, 0.2) is 12.3 Å². The van der Waals surface area contributed by atoms with Crippen molar-refractivity contribution in [3.63, 3.8) is 0 Å². The maximum absolute atomic E-state index is 6.12. The lowest BCUT2D eigenvalue weighted by Gasteiger charge is -2.32. The Balaban J connectivity index is 2.15. The summed E-state index contributed by atoms with van der Waals surface area (Å²) in [6.07, 6.45) is 5.61. The van der Waals surface area contributed by atoms with Crippen LogP contribution in [0.1, 0.15) is 37.9 Å². The summed E-state index contributed by atoms with van der Waals surface area (Å²) < 4.78 is 2.05. The number of aromatic nitrogens is 2. The Morgan fingerprint density at radius 2 is 2.29 bits per heavy atom. The van der Waals surface area contributed by atoms with Crippen LogP contribution in [0.25, 0.3) is 0 Å². The van der Waals surface area contributed by atoms with Crippen molar-refractivity contribution in [3.8, 4) is 0 Å². The van der Waals surface area contributed by atoms with Gasteiger partial charge in [0.25, 0.3) is 0 Å². The summed E-state index contributed by atoms with van der Waals surface area (Å²) in [5.41, 5.74) is 7.20. The summed E-state index contributed by atoms with van der Waals surface area (Å²) in [7, 11) is 0. The molecular formula is C11H19N3. The first-order valence-electron chi connectivity index (χ1n) is 5.44. The molecular weight excluding hydrogens is 174 g/mol. The minimum atomic E-state index is 0.283. The van der Waals surface area contributed by atoms with Gasteiger partial charge >= 0.3 is 0 Å². The lowest BCUT2D eigenvalue weighted by molar-refractivity contribution is 0.232. The lowest BCUT2D eigenvalue weighted by Crippen LogP contribution is -2.37. The van der Waals surface area contributed by atoms with Crippen molar-refractivity contribution in [1.29, 1.82) is 0 Å². The molecule has 0 bridgehead atoms. The molecule has 2 rings (SSSR count). The van der Waals surface area contributed by atoms with Crippen LogP contribution in [0.3, 0.4) is 0 Å². The number of rotatable bonds is 1. The zero-order valence-corrected chi connectivity index (χ0v) is 8.98. The van der Waals surface area contributed by atoms with E-state index in [0.29, 0.717) is 6.04 Å². The van der Waals surface area contributed by atoms with Crippen LogP contribution in [0.4, 0.5) is 0 Å². The van der Waals surface area contributed by atoms with Gasteiger partial charge in [0.2, 0.25) is 0 Å². The fraction of sp³-hybridized carbons (Fsp3) is 0.727. The van der Waals surface area contributed by atoms with Crippen LogP contribution >= 0.6 is 0 Å². The highest BCUT2D eigenvalue weighted by atomic mass is 15.3. The molecule has 1 aromatic rings. The van der Waals surface area contributed by atoms with Gasteiger partial charge in [0, 0.05) is 12.2 Å². The maximum Gasteiger partial charge on any atom is 0.0672 e. The van der Waals surface area contributed by atoms with E-state index in [9.17, 15) is 0 Å². The van der Waals surface area contributed by atoms with Crippen molar-refractivity contribution in [2.24, 2.45) is 11.7 Å². The van der Waals surface area contributed by atoms with E-state index in [0.717, 1.165) is 18.0 Å². The highest BCUT2D eigenvalue weighted by Gasteiger charge is 2.27. The van der Waals surface area contributed by atoms with Crippen LogP contribution in [-0.2, 0) is 0 Å². The van der Waals surface area contributed by atoms with E-state index in [2.05, 4.69) is 22.9 Å². The SMILES string of the molecule is Cc1ccn(C2CC(C)CCC2N)n1. The standard InChI is InChI=1S/C11H19N3/c1-8-3-4-10(12)11(7-8)14-6-5-9(2)13-14/h5-6,8,10-11H,3-4,7,12H2,1-2H3. The number of aryl methyl sites for hydroxylation is 1. The van der Waals surface area contributed by atoms with Crippen LogP contribution in [0.5, 0.6) is 0 Å². The van der Waals surface area contributed by atoms with Gasteiger partial charge in [-0.1, -0.05) is 6.92 Å². The third-order valence-electron chi connectivity index (χ3n) is 3.21. The van der Waals surface area contributed by atoms with Gasteiger partial charge < -0.3 is 5.73 Å². The van der Waals surface area contributed by atoms with Gasteiger partial charge in [0.1, 0.15) is 0 Å². The highest BCUT2D eigenvalue weighted by Crippen LogP contribution is 2.30. The van der Waals surface area contributed by atoms with Gasteiger partial charge in [-0.2, -0.15) is 5.10 Å². The van der Waals surface area contributed by atoms with Gasteiger partial charge in [0.15, 0.2) is 0 Å². The van der Waals surface area contributed by atoms with Gasteiger partial charge in [-0.25, -0.2) is 0 Å². The summed E-state index contributed by atoms with van der Waals surface area (Å²) in [6.45, 7) is 4.32. The first-order valence-corrected chi connectivity index (χ1v) is 5.44. The van der Waals surface area contributed by atoms with Crippen molar-refractivity contribution in [1.82, 2.24) is 9.78 Å². The Hall–Kier alpha value is -0.830. The summed E-state index contributed by atoms with van der Waals surface area (Å²) >= 11 is 0. The molecule has 0 aromatic carbocycles. The molecule has 1 aliphatic carbocycles. The molecule has 1 saturated carbocycles. The topological polar surface area (TPSA) is 43.8 Å². The number of hydrogen-bond acceptors (Lipinski definition) is 2. The van der Waals surface area contributed by atoms with E-state index >= 15 is 0 Å². The van der Waals surface area contributed by atoms with Gasteiger partial charge in [-0.05, 0) is 38.2 Å². The molecule has 1 heterocycles. The largest absolute Gasteiger partial charge is 0.326 e. The summed E-state index contributed by atoms with van der Waals surface area (Å²) in [6, 6.07) is 2.74. The van der Waals surface area contributed by atoms with E-state index < -0.39 is 0 Å². The van der Waals surface area contributed by atoms with E-state index in [4.69, 9.17) is 5.73 Å². The van der Waals surface area contributed by atoms with Gasteiger partial charge in [-0.15, -0.1) is 0 Å². The second-order valence-electron chi connectivity index (χ2n) is 4.59. The van der Waals surface area contributed by atoms with E-state index in [1.165, 1.54) is 12.8 Å². The summed E-state index contributed by atoms with van der Waals surface area (Å²) in [5, 5.41) is 4.46. The molecule has 78 valence electrons. The molecule has 0 saturated heterocycles. The maximum atomic E-state index is 6.12. The number of nitrogens with zero attached hydrogens (tertiary/aromatic N) is 2. The van der Waals surface area contributed by atoms with Crippen molar-refractivity contribution >= 4 is 0 Å². The van der Waals surface area contributed by atoms with Gasteiger partial charge in [-0.3, -0.25) is 4.68 Å². The van der Waals surface area contributed by atoms with Crippen molar-refractivity contribution in [2.45, 2.75) is 45.2 Å². The fourth-order valence-electron chi connectivity index (χ4n) is 2.30. The number of hydrogen-bond donors (Lipinski definition) is 1. The van der Waals surface area contributed by atoms with Crippen molar-refractivity contribution in [3.05, 3.63) is 18.0 Å². The molecule has 0 radical (unpaired) electrons.